The van der Waals surface area contributed by atoms with Crippen molar-refractivity contribution in [2.45, 2.75) is 49.2 Å². The summed E-state index contributed by atoms with van der Waals surface area (Å²) in [6.45, 7) is 6.19. The van der Waals surface area contributed by atoms with Crippen LogP contribution in [0.5, 0.6) is 0 Å². The minimum Gasteiger partial charge on any atom is -0.119 e. The zero-order valence-electron chi connectivity index (χ0n) is 10.2. The predicted octanol–water partition coefficient (Wildman–Crippen LogP) is 5.30. The van der Waals surface area contributed by atoms with Gasteiger partial charge in [0, 0.05) is 10.1 Å². The van der Waals surface area contributed by atoms with Gasteiger partial charge in [0.1, 0.15) is 0 Å². The molecule has 88 valence electrons. The maximum Gasteiger partial charge on any atom is 0.0271 e. The van der Waals surface area contributed by atoms with Gasteiger partial charge >= 0.3 is 0 Å². The summed E-state index contributed by atoms with van der Waals surface area (Å²) in [6, 6.07) is 10.6. The number of benzene rings is 1. The summed E-state index contributed by atoms with van der Waals surface area (Å²) in [4.78, 5) is 1.35. The van der Waals surface area contributed by atoms with E-state index in [1.165, 1.54) is 37.0 Å². The van der Waals surface area contributed by atoms with Crippen molar-refractivity contribution in [2.24, 2.45) is 0 Å². The second-order valence-electron chi connectivity index (χ2n) is 4.05. The highest BCUT2D eigenvalue weighted by Crippen LogP contribution is 2.27. The molecule has 0 N–H and O–H groups in total. The molecule has 0 aliphatic rings. The van der Waals surface area contributed by atoms with Gasteiger partial charge in [-0.05, 0) is 18.6 Å². The highest BCUT2D eigenvalue weighted by Gasteiger charge is 2.05. The Labute approximate surface area is 104 Å². The Kier molecular flexibility index (Phi) is 7.07. The Balaban J connectivity index is 2.29. The Hall–Kier alpha value is -0.690. The number of hydrogen-bond acceptors (Lipinski definition) is 1. The van der Waals surface area contributed by atoms with E-state index in [9.17, 15) is 0 Å². The van der Waals surface area contributed by atoms with Gasteiger partial charge in [0.15, 0.2) is 0 Å². The summed E-state index contributed by atoms with van der Waals surface area (Å²) in [5.41, 5.74) is 0. The number of hydrogen-bond donors (Lipinski definition) is 0. The van der Waals surface area contributed by atoms with E-state index in [0.717, 1.165) is 0 Å². The van der Waals surface area contributed by atoms with Crippen LogP contribution < -0.4 is 0 Å². The largest absolute Gasteiger partial charge is 0.119 e. The van der Waals surface area contributed by atoms with E-state index in [0.29, 0.717) is 5.25 Å². The van der Waals surface area contributed by atoms with Crippen molar-refractivity contribution in [1.82, 2.24) is 0 Å². The molecular weight excluding hydrogens is 212 g/mol. The van der Waals surface area contributed by atoms with E-state index < -0.39 is 0 Å². The van der Waals surface area contributed by atoms with Crippen LogP contribution in [0.15, 0.2) is 47.9 Å². The van der Waals surface area contributed by atoms with Crippen LogP contribution >= 0.6 is 11.8 Å². The van der Waals surface area contributed by atoms with Crippen LogP contribution in [0.3, 0.4) is 0 Å². The summed E-state index contributed by atoms with van der Waals surface area (Å²) in [6.07, 6.45) is 8.69. The van der Waals surface area contributed by atoms with Gasteiger partial charge in [0.25, 0.3) is 0 Å². The summed E-state index contributed by atoms with van der Waals surface area (Å²) < 4.78 is 0. The lowest BCUT2D eigenvalue weighted by Crippen LogP contribution is -1.97. The molecule has 1 unspecified atom stereocenters. The van der Waals surface area contributed by atoms with Crippen molar-refractivity contribution in [3.05, 3.63) is 43.0 Å². The molecule has 1 atom stereocenters. The molecule has 0 bridgehead atoms. The first-order valence-electron chi connectivity index (χ1n) is 6.21. The molecule has 0 aromatic heterocycles. The molecule has 0 saturated heterocycles. The quantitative estimate of drug-likeness (QED) is 0.334. The Bertz CT molecular complexity index is 279. The highest BCUT2D eigenvalue weighted by atomic mass is 32.2. The zero-order valence-corrected chi connectivity index (χ0v) is 11.0. The first kappa shape index (κ1) is 13.4. The Morgan fingerprint density at radius 2 is 1.94 bits per heavy atom. The molecule has 0 spiro atoms. The smallest absolute Gasteiger partial charge is 0.0271 e. The molecule has 1 heteroatoms. The lowest BCUT2D eigenvalue weighted by atomic mass is 10.1. The van der Waals surface area contributed by atoms with Gasteiger partial charge in [0.2, 0.25) is 0 Å². The molecule has 0 fully saturated rings. The van der Waals surface area contributed by atoms with E-state index in [-0.39, 0.29) is 0 Å². The van der Waals surface area contributed by atoms with Gasteiger partial charge in [0.05, 0.1) is 0 Å². The van der Waals surface area contributed by atoms with Crippen LogP contribution in [0.4, 0.5) is 0 Å². The molecule has 0 aliphatic heterocycles. The van der Waals surface area contributed by atoms with Gasteiger partial charge in [-0.1, -0.05) is 56.9 Å². The standard InChI is InChI=1S/C15H22S/c1-3-5-6-8-11-14(4-2)16-15-12-9-7-10-13-15/h4,7,9-10,12-14H,2-3,5-6,8,11H2,1H3. The Morgan fingerprint density at radius 3 is 2.56 bits per heavy atom. The normalized spacial score (nSPS) is 12.3. The second kappa shape index (κ2) is 8.46. The maximum atomic E-state index is 3.94. The average molecular weight is 234 g/mol. The fourth-order valence-electron chi connectivity index (χ4n) is 1.67. The molecule has 1 aromatic rings. The molecule has 0 radical (unpaired) electrons. The lowest BCUT2D eigenvalue weighted by Gasteiger charge is -2.11. The second-order valence-corrected chi connectivity index (χ2v) is 5.37. The summed E-state index contributed by atoms with van der Waals surface area (Å²) in [5.74, 6) is 0. The summed E-state index contributed by atoms with van der Waals surface area (Å²) in [5, 5.41) is 0.569. The number of thioether (sulfide) groups is 1. The number of unbranched alkanes of at least 4 members (excludes halogenated alkanes) is 3. The van der Waals surface area contributed by atoms with E-state index in [4.69, 9.17) is 0 Å². The minimum absolute atomic E-state index is 0.569. The molecule has 0 nitrogen and oxygen atoms in total. The van der Waals surface area contributed by atoms with E-state index in [1.807, 2.05) is 11.8 Å². The first-order valence-corrected chi connectivity index (χ1v) is 7.09. The van der Waals surface area contributed by atoms with Crippen molar-refractivity contribution in [3.8, 4) is 0 Å². The lowest BCUT2D eigenvalue weighted by molar-refractivity contribution is 0.642. The molecule has 0 heterocycles. The molecule has 0 saturated carbocycles. The highest BCUT2D eigenvalue weighted by molar-refractivity contribution is 8.00. The number of rotatable bonds is 8. The van der Waals surface area contributed by atoms with E-state index >= 15 is 0 Å². The van der Waals surface area contributed by atoms with Crippen LogP contribution in [0, 0.1) is 0 Å². The third-order valence-electron chi connectivity index (χ3n) is 2.64. The molecule has 0 amide bonds. The molecule has 1 rings (SSSR count). The van der Waals surface area contributed by atoms with Crippen molar-refractivity contribution in [3.63, 3.8) is 0 Å². The van der Waals surface area contributed by atoms with Crippen LogP contribution in [0.25, 0.3) is 0 Å². The Morgan fingerprint density at radius 1 is 1.19 bits per heavy atom. The van der Waals surface area contributed by atoms with Gasteiger partial charge < -0.3 is 0 Å². The van der Waals surface area contributed by atoms with Gasteiger partial charge in [-0.2, -0.15) is 0 Å². The fraction of sp³-hybridized carbons (Fsp3) is 0.467. The molecule has 1 aromatic carbocycles. The zero-order chi connectivity index (χ0) is 11.6. The summed E-state index contributed by atoms with van der Waals surface area (Å²) >= 11 is 1.93. The monoisotopic (exact) mass is 234 g/mol. The van der Waals surface area contributed by atoms with E-state index in [1.54, 1.807) is 0 Å². The average Bonchev–Trinajstić information content (AvgIpc) is 2.34. The summed E-state index contributed by atoms with van der Waals surface area (Å²) in [7, 11) is 0. The first-order chi connectivity index (χ1) is 7.86. The third-order valence-corrected chi connectivity index (χ3v) is 3.91. The third kappa shape index (κ3) is 5.41. The van der Waals surface area contributed by atoms with Crippen LogP contribution in [0.1, 0.15) is 39.0 Å². The van der Waals surface area contributed by atoms with E-state index in [2.05, 4.69) is 49.9 Å². The van der Waals surface area contributed by atoms with Gasteiger partial charge in [-0.15, -0.1) is 18.3 Å². The SMILES string of the molecule is C=CC(CCCCCC)Sc1ccccc1. The van der Waals surface area contributed by atoms with Crippen molar-refractivity contribution in [2.75, 3.05) is 0 Å². The van der Waals surface area contributed by atoms with Crippen LogP contribution in [0.2, 0.25) is 0 Å². The molecule has 0 aliphatic carbocycles. The molecule has 16 heavy (non-hydrogen) atoms. The topological polar surface area (TPSA) is 0 Å². The van der Waals surface area contributed by atoms with Crippen LogP contribution in [-0.4, -0.2) is 5.25 Å². The predicted molar refractivity (Wildman–Crippen MR) is 75.0 cm³/mol. The van der Waals surface area contributed by atoms with Crippen molar-refractivity contribution < 1.29 is 0 Å². The van der Waals surface area contributed by atoms with Crippen LogP contribution in [-0.2, 0) is 0 Å². The molecular formula is C15H22S. The van der Waals surface area contributed by atoms with Crippen molar-refractivity contribution >= 4 is 11.8 Å². The van der Waals surface area contributed by atoms with Crippen molar-refractivity contribution in [1.29, 1.82) is 0 Å². The van der Waals surface area contributed by atoms with Gasteiger partial charge in [-0.3, -0.25) is 0 Å². The minimum atomic E-state index is 0.569. The fourth-order valence-corrected chi connectivity index (χ4v) is 2.72. The van der Waals surface area contributed by atoms with Gasteiger partial charge in [-0.25, -0.2) is 0 Å². The maximum absolute atomic E-state index is 3.94.